The number of hydrogen-bond acceptors (Lipinski definition) is 11. The molecule has 0 unspecified atom stereocenters. The van der Waals surface area contributed by atoms with Crippen molar-refractivity contribution in [1.29, 1.82) is 0 Å². The Balaban J connectivity index is 3.05. The van der Waals surface area contributed by atoms with E-state index < -0.39 is 60.2 Å². The first-order valence-corrected chi connectivity index (χ1v) is 14.2. The van der Waals surface area contributed by atoms with Crippen LogP contribution >= 0.6 is 0 Å². The molecule has 1 heterocycles. The molecule has 1 fully saturated rings. The van der Waals surface area contributed by atoms with Crippen molar-refractivity contribution >= 4 is 41.7 Å². The minimum atomic E-state index is -1.22. The summed E-state index contributed by atoms with van der Waals surface area (Å²) in [4.78, 5) is 88.6. The molecule has 250 valence electrons. The van der Waals surface area contributed by atoms with Gasteiger partial charge in [-0.25, -0.2) is 0 Å². The summed E-state index contributed by atoms with van der Waals surface area (Å²) >= 11 is 0. The zero-order chi connectivity index (χ0) is 33.2. The Kier molecular flexibility index (Phi) is 17.5. The standard InChI is InChI=1S/C26H44N6O12/c1-18(2-4-21(34)35)27-26(44)19(3-5-22(36)37)28-20(33)14-29-6-8-30(15-23(38)39)10-12-32(17-25(42)43)13-11-31(9-7-29)16-24(40)41/h18-19H,2-17H2,1H3,(H,27,44)(H,28,33)(H,34,35)(H,36,37)(H,38,39)(H,40,41)(H,42,43)/t18-,19+/m1/s1. The molecule has 0 aromatic rings. The zero-order valence-corrected chi connectivity index (χ0v) is 24.9. The molecule has 44 heavy (non-hydrogen) atoms. The summed E-state index contributed by atoms with van der Waals surface area (Å²) in [6, 6.07) is -1.77. The molecule has 1 aliphatic rings. The van der Waals surface area contributed by atoms with Crippen molar-refractivity contribution in [3.05, 3.63) is 0 Å². The van der Waals surface area contributed by atoms with Gasteiger partial charge in [0, 0.05) is 71.2 Å². The number of carbonyl (C=O) groups is 7. The van der Waals surface area contributed by atoms with Crippen LogP contribution in [0.15, 0.2) is 0 Å². The lowest BCUT2D eigenvalue weighted by Crippen LogP contribution is -2.53. The quantitative estimate of drug-likeness (QED) is 0.0853. The van der Waals surface area contributed by atoms with Gasteiger partial charge in [-0.3, -0.25) is 53.2 Å². The van der Waals surface area contributed by atoms with Gasteiger partial charge in [0.05, 0.1) is 26.2 Å². The Morgan fingerprint density at radius 1 is 0.523 bits per heavy atom. The average Bonchev–Trinajstić information content (AvgIpc) is 2.90. The molecule has 1 rings (SSSR count). The van der Waals surface area contributed by atoms with Crippen LogP contribution in [0.3, 0.4) is 0 Å². The van der Waals surface area contributed by atoms with Crippen molar-refractivity contribution in [3.63, 3.8) is 0 Å². The van der Waals surface area contributed by atoms with Crippen molar-refractivity contribution < 1.29 is 59.1 Å². The fourth-order valence-electron chi connectivity index (χ4n) is 4.52. The molecule has 0 radical (unpaired) electrons. The lowest BCUT2D eigenvalue weighted by atomic mass is 10.1. The second-order valence-electron chi connectivity index (χ2n) is 10.7. The molecule has 0 aromatic carbocycles. The van der Waals surface area contributed by atoms with E-state index in [1.807, 2.05) is 0 Å². The summed E-state index contributed by atoms with van der Waals surface area (Å²) in [6.07, 6.45) is -0.705. The van der Waals surface area contributed by atoms with E-state index in [1.165, 1.54) is 0 Å². The minimum absolute atomic E-state index is 0.127. The van der Waals surface area contributed by atoms with Crippen LogP contribution in [0.5, 0.6) is 0 Å². The number of carbonyl (C=O) groups excluding carboxylic acids is 2. The lowest BCUT2D eigenvalue weighted by molar-refractivity contribution is -0.140. The number of aliphatic carboxylic acids is 5. The third kappa shape index (κ3) is 17.9. The van der Waals surface area contributed by atoms with E-state index >= 15 is 0 Å². The fraction of sp³-hybridized carbons (Fsp3) is 0.731. The third-order valence-corrected chi connectivity index (χ3v) is 6.85. The summed E-state index contributed by atoms with van der Waals surface area (Å²) in [7, 11) is 0. The topological polar surface area (TPSA) is 258 Å². The predicted octanol–water partition coefficient (Wildman–Crippen LogP) is -2.82. The van der Waals surface area contributed by atoms with Gasteiger partial charge >= 0.3 is 29.8 Å². The number of nitrogens with one attached hydrogen (secondary N) is 2. The maximum atomic E-state index is 13.1. The fourth-order valence-corrected chi connectivity index (χ4v) is 4.52. The van der Waals surface area contributed by atoms with Crippen molar-refractivity contribution in [1.82, 2.24) is 30.2 Å². The molecule has 0 aliphatic carbocycles. The predicted molar refractivity (Wildman–Crippen MR) is 152 cm³/mol. The van der Waals surface area contributed by atoms with E-state index in [1.54, 1.807) is 26.5 Å². The second-order valence-corrected chi connectivity index (χ2v) is 10.7. The highest BCUT2D eigenvalue weighted by Crippen LogP contribution is 2.05. The number of rotatable bonds is 17. The first kappa shape index (κ1) is 38.2. The summed E-state index contributed by atoms with van der Waals surface area (Å²) in [6.45, 7) is 1.92. The van der Waals surface area contributed by atoms with E-state index in [4.69, 9.17) is 10.2 Å². The van der Waals surface area contributed by atoms with E-state index in [-0.39, 0.29) is 97.8 Å². The molecule has 0 aromatic heterocycles. The first-order valence-electron chi connectivity index (χ1n) is 14.2. The van der Waals surface area contributed by atoms with Gasteiger partial charge < -0.3 is 36.2 Å². The van der Waals surface area contributed by atoms with Crippen LogP contribution in [0.1, 0.15) is 32.6 Å². The van der Waals surface area contributed by atoms with Crippen LogP contribution in [-0.2, 0) is 33.6 Å². The van der Waals surface area contributed by atoms with Crippen molar-refractivity contribution in [2.45, 2.75) is 44.7 Å². The minimum Gasteiger partial charge on any atom is -0.481 e. The highest BCUT2D eigenvalue weighted by molar-refractivity contribution is 5.88. The van der Waals surface area contributed by atoms with Crippen molar-refractivity contribution in [3.8, 4) is 0 Å². The van der Waals surface area contributed by atoms with Gasteiger partial charge in [0.2, 0.25) is 11.8 Å². The second kappa shape index (κ2) is 20.2. The Labute approximate surface area is 254 Å². The van der Waals surface area contributed by atoms with Gasteiger partial charge in [0.25, 0.3) is 0 Å². The number of carboxylic acids is 5. The van der Waals surface area contributed by atoms with Crippen LogP contribution in [0, 0.1) is 0 Å². The van der Waals surface area contributed by atoms with Crippen molar-refractivity contribution in [2.75, 3.05) is 78.5 Å². The summed E-state index contributed by atoms with van der Waals surface area (Å²) < 4.78 is 0. The van der Waals surface area contributed by atoms with Crippen LogP contribution in [0.25, 0.3) is 0 Å². The maximum absolute atomic E-state index is 13.1. The Bertz CT molecular complexity index is 980. The summed E-state index contributed by atoms with van der Waals surface area (Å²) in [5.74, 6) is -6.78. The molecule has 1 saturated heterocycles. The lowest BCUT2D eigenvalue weighted by Gasteiger charge is -2.33. The first-order chi connectivity index (χ1) is 20.6. The van der Waals surface area contributed by atoms with E-state index in [2.05, 4.69) is 10.6 Å². The van der Waals surface area contributed by atoms with Gasteiger partial charge in [0.1, 0.15) is 6.04 Å². The average molecular weight is 633 g/mol. The van der Waals surface area contributed by atoms with Crippen LogP contribution < -0.4 is 10.6 Å². The van der Waals surface area contributed by atoms with Crippen LogP contribution in [0.2, 0.25) is 0 Å². The molecule has 18 nitrogen and oxygen atoms in total. The highest BCUT2D eigenvalue weighted by atomic mass is 16.4. The summed E-state index contributed by atoms with van der Waals surface area (Å²) in [5, 5.41) is 51.1. The molecular weight excluding hydrogens is 588 g/mol. The van der Waals surface area contributed by atoms with Crippen molar-refractivity contribution in [2.24, 2.45) is 0 Å². The molecule has 0 bridgehead atoms. The van der Waals surface area contributed by atoms with Gasteiger partial charge in [-0.05, 0) is 19.8 Å². The number of hydrogen-bond donors (Lipinski definition) is 7. The Hall–Kier alpha value is -3.87. The summed E-state index contributed by atoms with van der Waals surface area (Å²) in [5.41, 5.74) is 0. The Morgan fingerprint density at radius 2 is 0.864 bits per heavy atom. The number of nitrogens with zero attached hydrogens (tertiary/aromatic N) is 4. The molecule has 2 atom stereocenters. The smallest absolute Gasteiger partial charge is 0.317 e. The SMILES string of the molecule is C[C@H](CCC(=O)O)NC(=O)[C@H](CCC(=O)O)NC(=O)CN1CCN(CC(=O)O)CCN(CC(=O)O)CCN(CC(=O)O)CC1. The normalized spacial score (nSPS) is 17.8. The van der Waals surface area contributed by atoms with Gasteiger partial charge in [-0.1, -0.05) is 0 Å². The molecule has 7 N–H and O–H groups in total. The molecule has 0 spiro atoms. The molecule has 2 amide bonds. The molecule has 18 heteroatoms. The largest absolute Gasteiger partial charge is 0.481 e. The van der Waals surface area contributed by atoms with E-state index in [0.29, 0.717) is 0 Å². The Morgan fingerprint density at radius 3 is 1.20 bits per heavy atom. The third-order valence-electron chi connectivity index (χ3n) is 6.85. The number of carboxylic acid groups (broad SMARTS) is 5. The van der Waals surface area contributed by atoms with Gasteiger partial charge in [-0.2, -0.15) is 0 Å². The van der Waals surface area contributed by atoms with Gasteiger partial charge in [0.15, 0.2) is 0 Å². The molecular formula is C26H44N6O12. The van der Waals surface area contributed by atoms with Crippen LogP contribution in [0.4, 0.5) is 0 Å². The van der Waals surface area contributed by atoms with E-state index in [9.17, 15) is 48.9 Å². The van der Waals surface area contributed by atoms with Gasteiger partial charge in [-0.15, -0.1) is 0 Å². The number of amides is 2. The zero-order valence-electron chi connectivity index (χ0n) is 24.9. The molecule has 1 aliphatic heterocycles. The monoisotopic (exact) mass is 632 g/mol. The van der Waals surface area contributed by atoms with E-state index in [0.717, 1.165) is 0 Å². The highest BCUT2D eigenvalue weighted by Gasteiger charge is 2.25. The maximum Gasteiger partial charge on any atom is 0.317 e. The molecule has 0 saturated carbocycles. The van der Waals surface area contributed by atoms with Crippen LogP contribution in [-0.4, -0.2) is 177 Å².